The predicted molar refractivity (Wildman–Crippen MR) is 110 cm³/mol. The average molecular weight is 360 g/mol. The van der Waals surface area contributed by atoms with Gasteiger partial charge in [0.1, 0.15) is 0 Å². The van der Waals surface area contributed by atoms with Gasteiger partial charge in [-0.05, 0) is 60.5 Å². The van der Waals surface area contributed by atoms with Gasteiger partial charge in [-0.15, -0.1) is 0 Å². The summed E-state index contributed by atoms with van der Waals surface area (Å²) in [6, 6.07) is 9.81. The monoisotopic (exact) mass is 359 g/mol. The predicted octanol–water partition coefficient (Wildman–Crippen LogP) is 5.45. The van der Waals surface area contributed by atoms with Gasteiger partial charge < -0.3 is 9.74 Å². The first-order valence-corrected chi connectivity index (χ1v) is 12.9. The number of fused-ring (bicyclic) bond motifs is 3. The van der Waals surface area contributed by atoms with Gasteiger partial charge in [0.25, 0.3) is 0 Å². The highest BCUT2D eigenvalue weighted by Gasteiger charge is 2.47. The summed E-state index contributed by atoms with van der Waals surface area (Å²) in [5.41, 5.74) is 3.48. The zero-order valence-electron chi connectivity index (χ0n) is 17.3. The Bertz CT molecular complexity index is 621. The van der Waals surface area contributed by atoms with E-state index in [0.29, 0.717) is 23.3 Å². The van der Waals surface area contributed by atoms with Crippen molar-refractivity contribution in [3.05, 3.63) is 35.4 Å². The third-order valence-electron chi connectivity index (χ3n) is 7.47. The van der Waals surface area contributed by atoms with E-state index in [4.69, 9.17) is 4.43 Å². The first kappa shape index (κ1) is 19.1. The van der Waals surface area contributed by atoms with Crippen molar-refractivity contribution in [1.82, 2.24) is 5.32 Å². The molecular formula is C22H37NOSi. The van der Waals surface area contributed by atoms with E-state index in [1.165, 1.54) is 12.8 Å². The molecule has 0 amide bonds. The minimum atomic E-state index is -1.68. The fraction of sp³-hybridized carbons (Fsp3) is 0.727. The standard InChI is InChI=1S/C22H37NOSi/c1-16(15-24-25(6,7)21(2,3)4)18-14-20-22(5,12-13-23-20)19-11-9-8-10-17(18)19/h8-11,16,18,20,23H,12-15H2,1-7H3/t16-,18?,20-,22+/m1/s1. The fourth-order valence-corrected chi connectivity index (χ4v) is 5.62. The molecule has 0 bridgehead atoms. The molecule has 1 aromatic rings. The van der Waals surface area contributed by atoms with Crippen LogP contribution >= 0.6 is 0 Å². The van der Waals surface area contributed by atoms with Crippen LogP contribution in [0.3, 0.4) is 0 Å². The molecule has 0 spiro atoms. The van der Waals surface area contributed by atoms with Crippen molar-refractivity contribution in [1.29, 1.82) is 0 Å². The van der Waals surface area contributed by atoms with Gasteiger partial charge >= 0.3 is 0 Å². The minimum Gasteiger partial charge on any atom is -0.417 e. The first-order valence-electron chi connectivity index (χ1n) is 10.0. The smallest absolute Gasteiger partial charge is 0.191 e. The summed E-state index contributed by atoms with van der Waals surface area (Å²) >= 11 is 0. The van der Waals surface area contributed by atoms with Crippen LogP contribution < -0.4 is 5.32 Å². The lowest BCUT2D eigenvalue weighted by molar-refractivity contribution is 0.193. The second-order valence-electron chi connectivity index (χ2n) is 10.2. The van der Waals surface area contributed by atoms with Crippen molar-refractivity contribution in [3.8, 4) is 0 Å². The summed E-state index contributed by atoms with van der Waals surface area (Å²) in [7, 11) is -1.68. The van der Waals surface area contributed by atoms with E-state index in [1.54, 1.807) is 11.1 Å². The first-order chi connectivity index (χ1) is 11.6. The van der Waals surface area contributed by atoms with E-state index in [-0.39, 0.29) is 5.04 Å². The summed E-state index contributed by atoms with van der Waals surface area (Å²) in [5, 5.41) is 4.07. The number of hydrogen-bond donors (Lipinski definition) is 1. The van der Waals surface area contributed by atoms with Crippen LogP contribution in [0.5, 0.6) is 0 Å². The highest BCUT2D eigenvalue weighted by Crippen LogP contribution is 2.49. The molecule has 3 heteroatoms. The molecule has 140 valence electrons. The summed E-state index contributed by atoms with van der Waals surface area (Å²) in [6.07, 6.45) is 2.51. The van der Waals surface area contributed by atoms with Crippen LogP contribution in [0, 0.1) is 5.92 Å². The Morgan fingerprint density at radius 1 is 1.28 bits per heavy atom. The highest BCUT2D eigenvalue weighted by molar-refractivity contribution is 6.74. The molecule has 0 aromatic heterocycles. The van der Waals surface area contributed by atoms with Crippen LogP contribution in [0.2, 0.25) is 18.1 Å². The Hall–Kier alpha value is -0.643. The van der Waals surface area contributed by atoms with E-state index in [0.717, 1.165) is 13.2 Å². The second-order valence-corrected chi connectivity index (χ2v) is 15.0. The topological polar surface area (TPSA) is 21.3 Å². The Kier molecular flexibility index (Phi) is 4.98. The van der Waals surface area contributed by atoms with Crippen molar-refractivity contribution in [2.45, 2.75) is 83.0 Å². The molecular weight excluding hydrogens is 322 g/mol. The molecule has 0 saturated carbocycles. The normalized spacial score (nSPS) is 30.7. The van der Waals surface area contributed by atoms with Crippen LogP contribution in [0.25, 0.3) is 0 Å². The molecule has 1 aliphatic carbocycles. The largest absolute Gasteiger partial charge is 0.417 e. The summed E-state index contributed by atoms with van der Waals surface area (Å²) in [4.78, 5) is 0. The molecule has 25 heavy (non-hydrogen) atoms. The van der Waals surface area contributed by atoms with Crippen LogP contribution in [0.1, 0.15) is 64.5 Å². The summed E-state index contributed by atoms with van der Waals surface area (Å²) in [6.45, 7) is 18.6. The van der Waals surface area contributed by atoms with Crippen molar-refractivity contribution >= 4 is 8.32 Å². The minimum absolute atomic E-state index is 0.281. The molecule has 1 fully saturated rings. The van der Waals surface area contributed by atoms with Crippen molar-refractivity contribution in [2.24, 2.45) is 5.92 Å². The Balaban J connectivity index is 1.81. The zero-order chi connectivity index (χ0) is 18.5. The molecule has 1 aromatic carbocycles. The maximum absolute atomic E-state index is 6.58. The molecule has 2 nitrogen and oxygen atoms in total. The van der Waals surface area contributed by atoms with Gasteiger partial charge in [0.2, 0.25) is 0 Å². The fourth-order valence-electron chi connectivity index (χ4n) is 4.50. The second kappa shape index (κ2) is 6.51. The summed E-state index contributed by atoms with van der Waals surface area (Å²) < 4.78 is 6.58. The van der Waals surface area contributed by atoms with Gasteiger partial charge in [-0.1, -0.05) is 58.9 Å². The number of rotatable bonds is 4. The molecule has 1 heterocycles. The lowest BCUT2D eigenvalue weighted by Crippen LogP contribution is -2.46. The lowest BCUT2D eigenvalue weighted by Gasteiger charge is -2.44. The van der Waals surface area contributed by atoms with Crippen molar-refractivity contribution in [2.75, 3.05) is 13.2 Å². The molecule has 1 N–H and O–H groups in total. The number of nitrogens with one attached hydrogen (secondary N) is 1. The molecule has 2 aliphatic rings. The van der Waals surface area contributed by atoms with E-state index < -0.39 is 8.32 Å². The van der Waals surface area contributed by atoms with Gasteiger partial charge in [0, 0.05) is 18.1 Å². The number of hydrogen-bond acceptors (Lipinski definition) is 2. The SMILES string of the molecule is C[C@H](CO[Si](C)(C)C(C)(C)C)C1C[C@H]2NCC[C@@]2(C)c2ccccc21. The Morgan fingerprint density at radius 3 is 2.64 bits per heavy atom. The molecule has 1 unspecified atom stereocenters. The number of benzene rings is 1. The molecule has 1 aliphatic heterocycles. The Morgan fingerprint density at radius 2 is 1.96 bits per heavy atom. The molecule has 4 atom stereocenters. The van der Waals surface area contributed by atoms with E-state index in [9.17, 15) is 0 Å². The summed E-state index contributed by atoms with van der Waals surface area (Å²) in [5.74, 6) is 1.16. The maximum Gasteiger partial charge on any atom is 0.191 e. The Labute approximate surface area is 155 Å². The van der Waals surface area contributed by atoms with Gasteiger partial charge in [-0.3, -0.25) is 0 Å². The molecule has 0 radical (unpaired) electrons. The van der Waals surface area contributed by atoms with Gasteiger partial charge in [0.15, 0.2) is 8.32 Å². The zero-order valence-corrected chi connectivity index (χ0v) is 18.3. The maximum atomic E-state index is 6.58. The molecule has 3 rings (SSSR count). The van der Waals surface area contributed by atoms with Crippen molar-refractivity contribution in [3.63, 3.8) is 0 Å². The van der Waals surface area contributed by atoms with Crippen molar-refractivity contribution < 1.29 is 4.43 Å². The quantitative estimate of drug-likeness (QED) is 0.722. The van der Waals surface area contributed by atoms with Crippen LogP contribution in [0.15, 0.2) is 24.3 Å². The van der Waals surface area contributed by atoms with E-state index in [2.05, 4.69) is 77.3 Å². The van der Waals surface area contributed by atoms with Crippen LogP contribution in [-0.2, 0) is 9.84 Å². The third kappa shape index (κ3) is 3.35. The van der Waals surface area contributed by atoms with E-state index in [1.807, 2.05) is 0 Å². The lowest BCUT2D eigenvalue weighted by atomic mass is 9.63. The van der Waals surface area contributed by atoms with Crippen LogP contribution in [0.4, 0.5) is 0 Å². The highest BCUT2D eigenvalue weighted by atomic mass is 28.4. The van der Waals surface area contributed by atoms with Gasteiger partial charge in [-0.25, -0.2) is 0 Å². The van der Waals surface area contributed by atoms with E-state index >= 15 is 0 Å². The van der Waals surface area contributed by atoms with Crippen LogP contribution in [-0.4, -0.2) is 27.5 Å². The third-order valence-corrected chi connectivity index (χ3v) is 12.0. The van der Waals surface area contributed by atoms with Gasteiger partial charge in [-0.2, -0.15) is 0 Å². The molecule has 1 saturated heterocycles. The van der Waals surface area contributed by atoms with Gasteiger partial charge in [0.05, 0.1) is 0 Å². The average Bonchev–Trinajstić information content (AvgIpc) is 2.92.